The highest BCUT2D eigenvalue weighted by molar-refractivity contribution is 6.47. The van der Waals surface area contributed by atoms with Crippen LogP contribution in [0.25, 0.3) is 5.76 Å². The van der Waals surface area contributed by atoms with E-state index < -0.39 is 23.5 Å². The molecule has 1 heterocycles. The average Bonchev–Trinajstić information content (AvgIpc) is 3.01. The third kappa shape index (κ3) is 4.41. The molecule has 1 saturated heterocycles. The number of likely N-dealkylation sites (N-methyl/N-ethyl adjacent to an activating group) is 1. The van der Waals surface area contributed by atoms with Crippen molar-refractivity contribution < 1.29 is 24.2 Å². The first-order valence-corrected chi connectivity index (χ1v) is 10.6. The summed E-state index contributed by atoms with van der Waals surface area (Å²) in [5, 5.41) is 11.7. The Bertz CT molecular complexity index is 1080. The zero-order chi connectivity index (χ0) is 23.6. The number of likely N-dealkylation sites (tertiary alicyclic amines) is 1. The van der Waals surface area contributed by atoms with Crippen LogP contribution < -0.4 is 9.47 Å². The van der Waals surface area contributed by atoms with Crippen LogP contribution in [0.1, 0.15) is 17.2 Å². The minimum atomic E-state index is -0.867. The van der Waals surface area contributed by atoms with E-state index in [-0.39, 0.29) is 33.5 Å². The number of aliphatic hydroxyl groups is 1. The van der Waals surface area contributed by atoms with Gasteiger partial charge in [-0.15, -0.1) is 0 Å². The van der Waals surface area contributed by atoms with E-state index in [1.807, 2.05) is 19.0 Å². The molecule has 7 nitrogen and oxygen atoms in total. The Morgan fingerprint density at radius 2 is 1.81 bits per heavy atom. The van der Waals surface area contributed by atoms with Crippen LogP contribution in [-0.2, 0) is 9.59 Å². The lowest BCUT2D eigenvalue weighted by molar-refractivity contribution is -0.140. The van der Waals surface area contributed by atoms with Crippen molar-refractivity contribution >= 4 is 40.7 Å². The van der Waals surface area contributed by atoms with Crippen molar-refractivity contribution in [2.24, 2.45) is 0 Å². The van der Waals surface area contributed by atoms with Gasteiger partial charge >= 0.3 is 0 Å². The summed E-state index contributed by atoms with van der Waals surface area (Å²) in [6, 6.07) is 9.09. The number of para-hydroxylation sites is 1. The summed E-state index contributed by atoms with van der Waals surface area (Å²) in [6.45, 7) is 0.787. The number of nitrogens with zero attached hydrogens (tertiary/aromatic N) is 2. The van der Waals surface area contributed by atoms with Crippen LogP contribution in [-0.4, -0.2) is 68.0 Å². The number of hydrogen-bond donors (Lipinski definition) is 1. The van der Waals surface area contributed by atoms with Crippen molar-refractivity contribution in [1.29, 1.82) is 0 Å². The van der Waals surface area contributed by atoms with Crippen LogP contribution in [0, 0.1) is 0 Å². The van der Waals surface area contributed by atoms with Gasteiger partial charge in [0.15, 0.2) is 0 Å². The number of Topliss-reactive ketones (excluding diaryl/α,β-unsaturated/α-hetero) is 1. The van der Waals surface area contributed by atoms with Crippen LogP contribution in [0.5, 0.6) is 11.5 Å². The molecule has 1 fully saturated rings. The molecule has 0 aromatic heterocycles. The Labute approximate surface area is 196 Å². The zero-order valence-electron chi connectivity index (χ0n) is 18.2. The smallest absolute Gasteiger partial charge is 0.295 e. The van der Waals surface area contributed by atoms with Crippen LogP contribution in [0.15, 0.2) is 42.0 Å². The van der Waals surface area contributed by atoms with Crippen LogP contribution in [0.3, 0.4) is 0 Å². The Balaban J connectivity index is 2.29. The maximum Gasteiger partial charge on any atom is 0.295 e. The van der Waals surface area contributed by atoms with Crippen molar-refractivity contribution in [3.8, 4) is 11.5 Å². The maximum absolute atomic E-state index is 13.2. The van der Waals surface area contributed by atoms with Gasteiger partial charge in [0.05, 0.1) is 36.4 Å². The predicted octanol–water partition coefficient (Wildman–Crippen LogP) is 3.99. The SMILES string of the molecule is COc1ccccc1C1/C(=C(\O)c2cc(Cl)cc(Cl)c2OC)C(=O)C(=O)N1CCN(C)C. The fraction of sp³-hybridized carbons (Fsp3) is 0.304. The minimum absolute atomic E-state index is 0.0881. The van der Waals surface area contributed by atoms with Gasteiger partial charge in [-0.2, -0.15) is 0 Å². The number of benzene rings is 2. The Morgan fingerprint density at radius 3 is 2.44 bits per heavy atom. The van der Waals surface area contributed by atoms with Gasteiger partial charge in [0.1, 0.15) is 17.3 Å². The lowest BCUT2D eigenvalue weighted by Crippen LogP contribution is -2.35. The number of amides is 1. The van der Waals surface area contributed by atoms with E-state index in [4.69, 9.17) is 32.7 Å². The van der Waals surface area contributed by atoms with Crippen molar-refractivity contribution in [2.45, 2.75) is 6.04 Å². The maximum atomic E-state index is 13.2. The second kappa shape index (κ2) is 9.81. The van der Waals surface area contributed by atoms with E-state index >= 15 is 0 Å². The Hall–Kier alpha value is -2.74. The molecule has 3 rings (SSSR count). The summed E-state index contributed by atoms with van der Waals surface area (Å²) in [5.41, 5.74) is 0.604. The molecule has 1 aliphatic rings. The number of methoxy groups -OCH3 is 2. The summed E-state index contributed by atoms with van der Waals surface area (Å²) >= 11 is 12.4. The van der Waals surface area contributed by atoms with E-state index in [1.54, 1.807) is 24.3 Å². The number of halogens is 2. The molecule has 1 unspecified atom stereocenters. The summed E-state index contributed by atoms with van der Waals surface area (Å²) in [6.07, 6.45) is 0. The standard InChI is InChI=1S/C23H24Cl2N2O5/c1-26(2)9-10-27-19(14-7-5-6-8-17(14)31-3)18(21(29)23(27)30)20(28)15-11-13(24)12-16(25)22(15)32-4/h5-8,11-12,19,28H,9-10H2,1-4H3/b20-18+. The first-order chi connectivity index (χ1) is 15.2. The molecule has 170 valence electrons. The number of hydrogen-bond acceptors (Lipinski definition) is 6. The van der Waals surface area contributed by atoms with Crippen LogP contribution in [0.4, 0.5) is 0 Å². The number of carbonyl (C=O) groups excluding carboxylic acids is 2. The molecule has 32 heavy (non-hydrogen) atoms. The molecule has 2 aromatic carbocycles. The van der Waals surface area contributed by atoms with E-state index in [9.17, 15) is 14.7 Å². The molecule has 0 saturated carbocycles. The van der Waals surface area contributed by atoms with Crippen molar-refractivity contribution in [3.05, 3.63) is 63.1 Å². The summed E-state index contributed by atoms with van der Waals surface area (Å²) in [5.74, 6) is -1.32. The highest BCUT2D eigenvalue weighted by Crippen LogP contribution is 2.45. The largest absolute Gasteiger partial charge is 0.507 e. The zero-order valence-corrected chi connectivity index (χ0v) is 19.7. The van der Waals surface area contributed by atoms with Gasteiger partial charge in [-0.1, -0.05) is 41.4 Å². The Kier molecular flexibility index (Phi) is 7.33. The molecule has 0 aliphatic carbocycles. The van der Waals surface area contributed by atoms with Gasteiger partial charge in [-0.05, 0) is 32.3 Å². The van der Waals surface area contributed by atoms with Gasteiger partial charge < -0.3 is 24.4 Å². The molecule has 9 heteroatoms. The number of aliphatic hydroxyl groups excluding tert-OH is 1. The molecule has 1 N–H and O–H groups in total. The lowest BCUT2D eigenvalue weighted by atomic mass is 9.94. The van der Waals surface area contributed by atoms with Crippen LogP contribution in [0.2, 0.25) is 10.0 Å². The normalized spacial score (nSPS) is 17.8. The lowest BCUT2D eigenvalue weighted by Gasteiger charge is -2.27. The molecule has 1 aliphatic heterocycles. The number of carbonyl (C=O) groups is 2. The first-order valence-electron chi connectivity index (χ1n) is 9.80. The fourth-order valence-corrected chi connectivity index (χ4v) is 4.29. The fourth-order valence-electron chi connectivity index (χ4n) is 3.72. The van der Waals surface area contributed by atoms with E-state index in [0.29, 0.717) is 17.9 Å². The third-order valence-electron chi connectivity index (χ3n) is 5.23. The molecule has 0 radical (unpaired) electrons. The second-order valence-corrected chi connectivity index (χ2v) is 8.35. The summed E-state index contributed by atoms with van der Waals surface area (Å²) in [7, 11) is 6.63. The molecule has 0 bridgehead atoms. The first kappa shape index (κ1) is 23.9. The van der Waals surface area contributed by atoms with Gasteiger partial charge in [0.25, 0.3) is 11.7 Å². The molecule has 2 aromatic rings. The molecule has 1 amide bonds. The molecular weight excluding hydrogens is 455 g/mol. The summed E-state index contributed by atoms with van der Waals surface area (Å²) in [4.78, 5) is 29.5. The molecular formula is C23H24Cl2N2O5. The minimum Gasteiger partial charge on any atom is -0.507 e. The number of ketones is 1. The quantitative estimate of drug-likeness (QED) is 0.368. The van der Waals surface area contributed by atoms with E-state index in [1.165, 1.54) is 31.3 Å². The van der Waals surface area contributed by atoms with Crippen molar-refractivity contribution in [1.82, 2.24) is 9.80 Å². The van der Waals surface area contributed by atoms with E-state index in [2.05, 4.69) is 0 Å². The monoisotopic (exact) mass is 478 g/mol. The van der Waals surface area contributed by atoms with Crippen molar-refractivity contribution in [3.63, 3.8) is 0 Å². The van der Waals surface area contributed by atoms with Crippen LogP contribution >= 0.6 is 23.2 Å². The highest BCUT2D eigenvalue weighted by atomic mass is 35.5. The predicted molar refractivity (Wildman–Crippen MR) is 124 cm³/mol. The topological polar surface area (TPSA) is 79.3 Å². The third-order valence-corrected chi connectivity index (χ3v) is 5.73. The Morgan fingerprint density at radius 1 is 1.12 bits per heavy atom. The average molecular weight is 479 g/mol. The van der Waals surface area contributed by atoms with Gasteiger partial charge in [-0.3, -0.25) is 9.59 Å². The van der Waals surface area contributed by atoms with Gasteiger partial charge in [0.2, 0.25) is 0 Å². The highest BCUT2D eigenvalue weighted by Gasteiger charge is 2.47. The molecule has 0 spiro atoms. The number of rotatable bonds is 7. The van der Waals surface area contributed by atoms with Gasteiger partial charge in [-0.25, -0.2) is 0 Å². The van der Waals surface area contributed by atoms with E-state index in [0.717, 1.165) is 0 Å². The van der Waals surface area contributed by atoms with Gasteiger partial charge in [0, 0.05) is 23.7 Å². The molecule has 1 atom stereocenters. The van der Waals surface area contributed by atoms with Crippen molar-refractivity contribution in [2.75, 3.05) is 41.4 Å². The number of ether oxygens (including phenoxy) is 2. The summed E-state index contributed by atoms with van der Waals surface area (Å²) < 4.78 is 10.8. The second-order valence-electron chi connectivity index (χ2n) is 7.51.